The lowest BCUT2D eigenvalue weighted by atomic mass is 10.2. The van der Waals surface area contributed by atoms with Gasteiger partial charge in [0.25, 0.3) is 5.69 Å². The zero-order valence-corrected chi connectivity index (χ0v) is 12.6. The summed E-state index contributed by atoms with van der Waals surface area (Å²) < 4.78 is 14.0. The van der Waals surface area contributed by atoms with E-state index in [4.69, 9.17) is 5.11 Å². The highest BCUT2D eigenvalue weighted by Crippen LogP contribution is 2.35. The van der Waals surface area contributed by atoms with Gasteiger partial charge in [0.2, 0.25) is 0 Å². The van der Waals surface area contributed by atoms with Crippen molar-refractivity contribution in [3.8, 4) is 0 Å². The molecule has 0 aliphatic heterocycles. The number of carboxylic acids is 1. The summed E-state index contributed by atoms with van der Waals surface area (Å²) in [6, 6.07) is 8.29. The third-order valence-electron chi connectivity index (χ3n) is 2.55. The monoisotopic (exact) mass is 371 g/mol. The highest BCUT2D eigenvalue weighted by Gasteiger charge is 2.16. The Labute approximate surface area is 131 Å². The van der Waals surface area contributed by atoms with Crippen molar-refractivity contribution in [2.45, 2.75) is 9.79 Å². The molecule has 2 aromatic rings. The summed E-state index contributed by atoms with van der Waals surface area (Å²) >= 11 is 3.97. The van der Waals surface area contributed by atoms with Gasteiger partial charge in [0.15, 0.2) is 5.82 Å². The van der Waals surface area contributed by atoms with Gasteiger partial charge in [0.1, 0.15) is 0 Å². The summed E-state index contributed by atoms with van der Waals surface area (Å²) in [7, 11) is 0. The second-order valence-corrected chi connectivity index (χ2v) is 5.81. The summed E-state index contributed by atoms with van der Waals surface area (Å²) in [6.07, 6.45) is 0. The Hall–Kier alpha value is -1.93. The number of aromatic carboxylic acids is 1. The van der Waals surface area contributed by atoms with Crippen LogP contribution in [0.1, 0.15) is 10.4 Å². The first-order valence-corrected chi connectivity index (χ1v) is 7.14. The molecule has 8 heteroatoms. The van der Waals surface area contributed by atoms with E-state index in [1.807, 2.05) is 0 Å². The Kier molecular flexibility index (Phi) is 4.59. The summed E-state index contributed by atoms with van der Waals surface area (Å²) in [4.78, 5) is 21.7. The molecule has 0 fully saturated rings. The molecule has 0 heterocycles. The van der Waals surface area contributed by atoms with E-state index in [0.717, 1.165) is 11.8 Å². The van der Waals surface area contributed by atoms with Crippen LogP contribution in [0, 0.1) is 15.9 Å². The molecule has 0 aliphatic carbocycles. The minimum atomic E-state index is -1.23. The van der Waals surface area contributed by atoms with Gasteiger partial charge in [-0.2, -0.15) is 0 Å². The van der Waals surface area contributed by atoms with Crippen LogP contribution in [0.4, 0.5) is 10.1 Å². The van der Waals surface area contributed by atoms with Crippen molar-refractivity contribution in [1.29, 1.82) is 0 Å². The Bertz CT molecular complexity index is 721. The molecular weight excluding hydrogens is 365 g/mol. The minimum Gasteiger partial charge on any atom is -0.478 e. The van der Waals surface area contributed by atoms with Crippen molar-refractivity contribution in [1.82, 2.24) is 0 Å². The van der Waals surface area contributed by atoms with Gasteiger partial charge in [-0.3, -0.25) is 10.1 Å². The van der Waals surface area contributed by atoms with E-state index in [-0.39, 0.29) is 20.6 Å². The van der Waals surface area contributed by atoms with Crippen LogP contribution in [0.25, 0.3) is 0 Å². The largest absolute Gasteiger partial charge is 0.478 e. The molecule has 0 bridgehead atoms. The van der Waals surface area contributed by atoms with Crippen molar-refractivity contribution in [2.75, 3.05) is 0 Å². The van der Waals surface area contributed by atoms with Crippen LogP contribution in [0.5, 0.6) is 0 Å². The van der Waals surface area contributed by atoms with E-state index in [1.165, 1.54) is 36.4 Å². The van der Waals surface area contributed by atoms with Crippen LogP contribution in [0.15, 0.2) is 50.7 Å². The molecule has 0 radical (unpaired) electrons. The maximum Gasteiger partial charge on any atom is 0.336 e. The van der Waals surface area contributed by atoms with Crippen LogP contribution in [0.2, 0.25) is 0 Å². The van der Waals surface area contributed by atoms with E-state index in [1.54, 1.807) is 0 Å². The van der Waals surface area contributed by atoms with E-state index in [0.29, 0.717) is 4.90 Å². The number of hydrogen-bond acceptors (Lipinski definition) is 4. The summed E-state index contributed by atoms with van der Waals surface area (Å²) in [5.74, 6) is -1.91. The molecule has 0 spiro atoms. The highest BCUT2D eigenvalue weighted by molar-refractivity contribution is 9.10. The molecule has 0 amide bonds. The number of non-ortho nitro benzene ring substituents is 1. The smallest absolute Gasteiger partial charge is 0.336 e. The van der Waals surface area contributed by atoms with Gasteiger partial charge in [-0.05, 0) is 40.2 Å². The quantitative estimate of drug-likeness (QED) is 0.638. The van der Waals surface area contributed by atoms with Crippen molar-refractivity contribution >= 4 is 39.3 Å². The fourth-order valence-electron chi connectivity index (χ4n) is 1.54. The average molecular weight is 372 g/mol. The molecule has 0 aliphatic rings. The zero-order valence-electron chi connectivity index (χ0n) is 10.2. The third kappa shape index (κ3) is 3.40. The Balaban J connectivity index is 2.29. The van der Waals surface area contributed by atoms with E-state index in [9.17, 15) is 19.3 Å². The number of carboxylic acid groups (broad SMARTS) is 1. The number of rotatable bonds is 4. The van der Waals surface area contributed by atoms with Crippen LogP contribution >= 0.6 is 27.7 Å². The van der Waals surface area contributed by atoms with E-state index >= 15 is 0 Å². The lowest BCUT2D eigenvalue weighted by Gasteiger charge is -2.07. The van der Waals surface area contributed by atoms with E-state index < -0.39 is 16.7 Å². The Morgan fingerprint density at radius 2 is 1.86 bits per heavy atom. The first-order chi connectivity index (χ1) is 9.90. The number of carbonyl (C=O) groups is 1. The van der Waals surface area contributed by atoms with Gasteiger partial charge in [0.05, 0.1) is 15.0 Å². The maximum absolute atomic E-state index is 14.1. The van der Waals surface area contributed by atoms with Crippen molar-refractivity contribution in [3.63, 3.8) is 0 Å². The Morgan fingerprint density at radius 1 is 1.24 bits per heavy atom. The molecule has 0 unspecified atom stereocenters. The standard InChI is InChI=1S/C13H7BrFNO4S/c14-11-9(13(17)18)5-6-10(12(11)15)21-8-3-1-7(2-4-8)16(19)20/h1-6H,(H,17,18). The molecule has 2 aromatic carbocycles. The van der Waals surface area contributed by atoms with Crippen molar-refractivity contribution < 1.29 is 19.2 Å². The highest BCUT2D eigenvalue weighted by atomic mass is 79.9. The van der Waals surface area contributed by atoms with Crippen LogP contribution in [-0.4, -0.2) is 16.0 Å². The Morgan fingerprint density at radius 3 is 2.38 bits per heavy atom. The molecule has 2 rings (SSSR count). The fraction of sp³-hybridized carbons (Fsp3) is 0. The number of nitro benzene ring substituents is 1. The van der Waals surface area contributed by atoms with Crippen LogP contribution in [-0.2, 0) is 0 Å². The molecule has 0 atom stereocenters. The third-order valence-corrected chi connectivity index (χ3v) is 4.37. The van der Waals surface area contributed by atoms with Gasteiger partial charge in [-0.1, -0.05) is 11.8 Å². The topological polar surface area (TPSA) is 80.4 Å². The molecule has 1 N–H and O–H groups in total. The predicted molar refractivity (Wildman–Crippen MR) is 78.3 cm³/mol. The average Bonchev–Trinajstić information content (AvgIpc) is 2.44. The van der Waals surface area contributed by atoms with E-state index in [2.05, 4.69) is 15.9 Å². The number of nitro groups is 1. The summed E-state index contributed by atoms with van der Waals surface area (Å²) in [5, 5.41) is 19.4. The number of halogens is 2. The first-order valence-electron chi connectivity index (χ1n) is 5.53. The van der Waals surface area contributed by atoms with Gasteiger partial charge in [0, 0.05) is 21.9 Å². The molecule has 0 aromatic heterocycles. The van der Waals surface area contributed by atoms with Gasteiger partial charge in [-0.15, -0.1) is 0 Å². The second kappa shape index (κ2) is 6.23. The van der Waals surface area contributed by atoms with Crippen molar-refractivity contribution in [3.05, 3.63) is 62.4 Å². The number of nitrogens with zero attached hydrogens (tertiary/aromatic N) is 1. The molecule has 0 saturated carbocycles. The SMILES string of the molecule is O=C(O)c1ccc(Sc2ccc([N+](=O)[O-])cc2)c(F)c1Br. The van der Waals surface area contributed by atoms with Crippen LogP contribution < -0.4 is 0 Å². The van der Waals surface area contributed by atoms with Crippen LogP contribution in [0.3, 0.4) is 0 Å². The first kappa shape index (κ1) is 15.5. The minimum absolute atomic E-state index is 0.0535. The maximum atomic E-state index is 14.1. The molecule has 5 nitrogen and oxygen atoms in total. The molecular formula is C13H7BrFNO4S. The number of hydrogen-bond donors (Lipinski definition) is 1. The summed E-state index contributed by atoms with van der Waals surface area (Å²) in [5.41, 5.74) is -0.220. The fourth-order valence-corrected chi connectivity index (χ4v) is 3.04. The van der Waals surface area contributed by atoms with Gasteiger partial charge in [-0.25, -0.2) is 9.18 Å². The summed E-state index contributed by atoms with van der Waals surface area (Å²) in [6.45, 7) is 0. The van der Waals surface area contributed by atoms with Crippen molar-refractivity contribution in [2.24, 2.45) is 0 Å². The molecule has 108 valence electrons. The zero-order chi connectivity index (χ0) is 15.6. The van der Waals surface area contributed by atoms with Gasteiger partial charge < -0.3 is 5.11 Å². The predicted octanol–water partition coefficient (Wildman–Crippen LogP) is 4.35. The normalized spacial score (nSPS) is 10.4. The second-order valence-electron chi connectivity index (χ2n) is 3.90. The molecule has 21 heavy (non-hydrogen) atoms. The lowest BCUT2D eigenvalue weighted by Crippen LogP contribution is -2.00. The molecule has 0 saturated heterocycles. The van der Waals surface area contributed by atoms with Gasteiger partial charge >= 0.3 is 5.97 Å². The number of benzene rings is 2. The lowest BCUT2D eigenvalue weighted by molar-refractivity contribution is -0.384.